The number of hydrogen-bond donors (Lipinski definition) is 1. The average molecular weight is 371 g/mol. The van der Waals surface area contributed by atoms with Crippen LogP contribution in [0.15, 0.2) is 23.2 Å². The highest BCUT2D eigenvalue weighted by molar-refractivity contribution is 5.78. The summed E-state index contributed by atoms with van der Waals surface area (Å²) in [5, 5.41) is 1.58. The molecular formula is C21H29N3O3. The van der Waals surface area contributed by atoms with Crippen molar-refractivity contribution in [3.63, 3.8) is 0 Å². The summed E-state index contributed by atoms with van der Waals surface area (Å²) in [7, 11) is 1.82. The highest BCUT2D eigenvalue weighted by atomic mass is 16.7. The normalized spacial score (nSPS) is 33.8. The molecule has 3 aliphatic heterocycles. The van der Waals surface area contributed by atoms with Crippen LogP contribution in [0, 0.1) is 0 Å². The second kappa shape index (κ2) is 6.38. The lowest BCUT2D eigenvalue weighted by molar-refractivity contribution is -0.216. The van der Waals surface area contributed by atoms with Gasteiger partial charge < -0.3 is 15.2 Å². The van der Waals surface area contributed by atoms with E-state index in [0.29, 0.717) is 24.9 Å². The molecule has 0 amide bonds. The Balaban J connectivity index is 1.57. The van der Waals surface area contributed by atoms with Gasteiger partial charge in [-0.25, -0.2) is 14.9 Å². The van der Waals surface area contributed by atoms with Gasteiger partial charge >= 0.3 is 0 Å². The molecule has 1 saturated heterocycles. The lowest BCUT2D eigenvalue weighted by Crippen LogP contribution is -2.53. The van der Waals surface area contributed by atoms with Crippen molar-refractivity contribution in [2.45, 2.75) is 68.6 Å². The zero-order chi connectivity index (χ0) is 18.5. The molecule has 2 unspecified atom stereocenters. The monoisotopic (exact) mass is 371 g/mol. The zero-order valence-corrected chi connectivity index (χ0v) is 16.1. The lowest BCUT2D eigenvalue weighted by Gasteiger charge is -2.46. The molecule has 1 aromatic rings. The summed E-state index contributed by atoms with van der Waals surface area (Å²) in [6.45, 7) is 1.36. The average Bonchev–Trinajstić information content (AvgIpc) is 2.96. The fraction of sp³-hybridized carbons (Fsp3) is 0.667. The number of rotatable bonds is 1. The molecule has 1 aromatic carbocycles. The molecule has 4 aliphatic rings. The van der Waals surface area contributed by atoms with Crippen LogP contribution in [0.3, 0.4) is 0 Å². The molecule has 2 atom stereocenters. The number of nitrogens with two attached hydrogens (primary N) is 1. The van der Waals surface area contributed by atoms with E-state index in [1.54, 1.807) is 5.06 Å². The van der Waals surface area contributed by atoms with Crippen molar-refractivity contribution < 1.29 is 14.3 Å². The third kappa shape index (κ3) is 2.90. The molecule has 1 saturated carbocycles. The quantitative estimate of drug-likeness (QED) is 0.819. The Labute approximate surface area is 160 Å². The number of guanidine groups is 1. The topological polar surface area (TPSA) is 69.3 Å². The first-order valence-corrected chi connectivity index (χ1v) is 10.3. The summed E-state index contributed by atoms with van der Waals surface area (Å²) in [6.07, 6.45) is 9.06. The summed E-state index contributed by atoms with van der Waals surface area (Å²) in [4.78, 5) is 11.1. The maximum Gasteiger partial charge on any atom is 0.222 e. The van der Waals surface area contributed by atoms with Gasteiger partial charge in [-0.1, -0.05) is 25.3 Å². The Morgan fingerprint density at radius 1 is 1.19 bits per heavy atom. The predicted octanol–water partition coefficient (Wildman–Crippen LogP) is 3.41. The van der Waals surface area contributed by atoms with Crippen LogP contribution in [0.1, 0.15) is 68.4 Å². The maximum absolute atomic E-state index is 6.53. The van der Waals surface area contributed by atoms with Gasteiger partial charge in [0.05, 0.1) is 12.2 Å². The Kier molecular flexibility index (Phi) is 4.09. The second-order valence-corrected chi connectivity index (χ2v) is 8.55. The van der Waals surface area contributed by atoms with E-state index in [1.165, 1.54) is 37.7 Å². The number of ether oxygens (including phenoxy) is 2. The molecule has 5 rings (SSSR count). The third-order valence-electron chi connectivity index (χ3n) is 6.58. The third-order valence-corrected chi connectivity index (χ3v) is 6.58. The van der Waals surface area contributed by atoms with Crippen LogP contribution in [0.5, 0.6) is 5.75 Å². The van der Waals surface area contributed by atoms with Crippen LogP contribution in [0.2, 0.25) is 0 Å². The molecule has 0 radical (unpaired) electrons. The number of fused-ring (bicyclic) bond motifs is 2. The van der Waals surface area contributed by atoms with E-state index in [2.05, 4.69) is 18.2 Å². The molecule has 2 spiro atoms. The molecule has 0 bridgehead atoms. The van der Waals surface area contributed by atoms with Crippen LogP contribution >= 0.6 is 0 Å². The van der Waals surface area contributed by atoms with Crippen molar-refractivity contribution in [1.29, 1.82) is 0 Å². The van der Waals surface area contributed by atoms with E-state index >= 15 is 0 Å². The number of hydroxylamine groups is 2. The molecule has 6 heteroatoms. The smallest absolute Gasteiger partial charge is 0.222 e. The Morgan fingerprint density at radius 3 is 2.74 bits per heavy atom. The van der Waals surface area contributed by atoms with Crippen molar-refractivity contribution in [1.82, 2.24) is 5.06 Å². The second-order valence-electron chi connectivity index (χ2n) is 8.55. The van der Waals surface area contributed by atoms with Gasteiger partial charge in [0.2, 0.25) is 11.7 Å². The highest BCUT2D eigenvalue weighted by Crippen LogP contribution is 2.52. The van der Waals surface area contributed by atoms with E-state index in [9.17, 15) is 0 Å². The maximum atomic E-state index is 6.53. The van der Waals surface area contributed by atoms with Gasteiger partial charge in [0.25, 0.3) is 0 Å². The van der Waals surface area contributed by atoms with Crippen LogP contribution in [0.4, 0.5) is 0 Å². The number of aliphatic imine (C=N–C) groups is 1. The number of benzene rings is 1. The van der Waals surface area contributed by atoms with Gasteiger partial charge in [-0.15, -0.1) is 0 Å². The van der Waals surface area contributed by atoms with Gasteiger partial charge in [-0.05, 0) is 49.3 Å². The minimum atomic E-state index is -0.808. The molecule has 6 nitrogen and oxygen atoms in total. The molecule has 1 aliphatic carbocycles. The molecule has 0 aromatic heterocycles. The minimum absolute atomic E-state index is 0.396. The highest BCUT2D eigenvalue weighted by Gasteiger charge is 2.55. The van der Waals surface area contributed by atoms with Gasteiger partial charge in [-0.3, -0.25) is 0 Å². The van der Waals surface area contributed by atoms with Gasteiger partial charge in [-0.2, -0.15) is 0 Å². The minimum Gasteiger partial charge on any atom is -0.484 e. The van der Waals surface area contributed by atoms with Gasteiger partial charge in [0, 0.05) is 20.1 Å². The number of hydrogen-bond acceptors (Lipinski definition) is 6. The molecular weight excluding hydrogens is 342 g/mol. The first-order valence-electron chi connectivity index (χ1n) is 10.3. The Hall–Kier alpha value is -1.79. The van der Waals surface area contributed by atoms with E-state index < -0.39 is 11.3 Å². The zero-order valence-electron chi connectivity index (χ0n) is 16.1. The first-order chi connectivity index (χ1) is 13.1. The van der Waals surface area contributed by atoms with E-state index in [0.717, 1.165) is 30.8 Å². The van der Waals surface area contributed by atoms with Gasteiger partial charge in [0.1, 0.15) is 11.4 Å². The van der Waals surface area contributed by atoms with E-state index in [-0.39, 0.29) is 0 Å². The molecule has 2 N–H and O–H groups in total. The van der Waals surface area contributed by atoms with Crippen molar-refractivity contribution in [3.05, 3.63) is 29.3 Å². The van der Waals surface area contributed by atoms with E-state index in [4.69, 9.17) is 25.0 Å². The first kappa shape index (κ1) is 17.3. The van der Waals surface area contributed by atoms with Crippen LogP contribution in [-0.4, -0.2) is 36.9 Å². The van der Waals surface area contributed by atoms with Gasteiger partial charge in [0.15, 0.2) is 0 Å². The SMILES string of the molecule is CN1OC2(CC3(CCCOC3)Oc3ccc(C4CCCCC4)cc32)N=C1N. The van der Waals surface area contributed by atoms with Crippen molar-refractivity contribution in [2.24, 2.45) is 10.7 Å². The van der Waals surface area contributed by atoms with Crippen molar-refractivity contribution in [2.75, 3.05) is 20.3 Å². The Bertz CT molecular complexity index is 753. The summed E-state index contributed by atoms with van der Waals surface area (Å²) < 4.78 is 12.3. The molecule has 27 heavy (non-hydrogen) atoms. The fourth-order valence-electron chi connectivity index (χ4n) is 5.21. The van der Waals surface area contributed by atoms with Crippen molar-refractivity contribution >= 4 is 5.96 Å². The summed E-state index contributed by atoms with van der Waals surface area (Å²) >= 11 is 0. The summed E-state index contributed by atoms with van der Waals surface area (Å²) in [5.41, 5.74) is 7.30. The lowest BCUT2D eigenvalue weighted by atomic mass is 9.78. The van der Waals surface area contributed by atoms with Crippen molar-refractivity contribution in [3.8, 4) is 5.75 Å². The fourth-order valence-corrected chi connectivity index (χ4v) is 5.21. The summed E-state index contributed by atoms with van der Waals surface area (Å²) in [6, 6.07) is 6.61. The standard InChI is InChI=1S/C21H29N3O3/c1-24-19(22)23-21(27-24)13-20(10-5-11-25-14-20)26-18-9-8-16(12-17(18)21)15-6-3-2-4-7-15/h8-9,12,15H,2-7,10-11,13-14H2,1H3,(H2,22,23). The van der Waals surface area contributed by atoms with Crippen LogP contribution in [-0.2, 0) is 15.3 Å². The number of nitrogens with zero attached hydrogens (tertiary/aromatic N) is 2. The van der Waals surface area contributed by atoms with Crippen LogP contribution < -0.4 is 10.5 Å². The summed E-state index contributed by atoms with van der Waals surface area (Å²) in [5.74, 6) is 1.89. The molecule has 146 valence electrons. The van der Waals surface area contributed by atoms with Crippen LogP contribution in [0.25, 0.3) is 0 Å². The predicted molar refractivity (Wildman–Crippen MR) is 102 cm³/mol. The molecule has 3 heterocycles. The largest absolute Gasteiger partial charge is 0.484 e. The Morgan fingerprint density at radius 2 is 2.04 bits per heavy atom. The molecule has 2 fully saturated rings. The van der Waals surface area contributed by atoms with E-state index in [1.807, 2.05) is 7.05 Å².